The molecule has 0 aliphatic heterocycles. The number of amides is 1. The monoisotopic (exact) mass is 413 g/mol. The third-order valence-electron chi connectivity index (χ3n) is 1.89. The van der Waals surface area contributed by atoms with Gasteiger partial charge in [0.05, 0.1) is 0 Å². The molecule has 0 unspecified atom stereocenters. The first-order valence-corrected chi connectivity index (χ1v) is 7.03. The fourth-order valence-corrected chi connectivity index (χ4v) is 1.00. The van der Waals surface area contributed by atoms with Crippen molar-refractivity contribution in [3.8, 4) is 0 Å². The van der Waals surface area contributed by atoms with Crippen LogP contribution in [0.15, 0.2) is 18.3 Å². The smallest absolute Gasteiger partial charge is 0.298 e. The number of alkyl halides is 1. The van der Waals surface area contributed by atoms with E-state index < -0.39 is 3.92 Å². The molecule has 0 saturated carbocycles. The summed E-state index contributed by atoms with van der Waals surface area (Å²) < 4.78 is 9.29. The Morgan fingerprint density at radius 3 is 2.19 bits per heavy atom. The molecule has 5 N–H and O–H groups in total. The van der Waals surface area contributed by atoms with Crippen LogP contribution in [0.25, 0.3) is 0 Å². The van der Waals surface area contributed by atoms with Crippen molar-refractivity contribution in [1.82, 2.24) is 15.7 Å². The maximum atomic E-state index is 9.06. The summed E-state index contributed by atoms with van der Waals surface area (Å²) in [5.41, 5.74) is 11.4. The number of carbonyl (C=O) groups is 1. The van der Waals surface area contributed by atoms with Gasteiger partial charge in [0.15, 0.2) is 0 Å². The van der Waals surface area contributed by atoms with Crippen molar-refractivity contribution in [2.24, 2.45) is 5.73 Å². The van der Waals surface area contributed by atoms with Crippen LogP contribution in [0, 0.1) is 6.92 Å². The summed E-state index contributed by atoms with van der Waals surface area (Å²) in [5.74, 6) is 0.704. The topological polar surface area (TPSA) is 111 Å². The molecule has 0 atom stereocenters. The van der Waals surface area contributed by atoms with Crippen LogP contribution in [0.1, 0.15) is 5.56 Å². The number of ether oxygens (including phenoxy) is 2. The van der Waals surface area contributed by atoms with Gasteiger partial charge >= 0.3 is 0 Å². The molecule has 122 valence electrons. The molecule has 0 spiro atoms. The Bertz CT molecular complexity index is 360. The first-order chi connectivity index (χ1) is 10.0. The van der Waals surface area contributed by atoms with Crippen LogP contribution < -0.4 is 21.9 Å². The van der Waals surface area contributed by atoms with Crippen LogP contribution in [0.4, 0.5) is 5.82 Å². The number of anilines is 1. The minimum atomic E-state index is -0.898. The van der Waals surface area contributed by atoms with Crippen molar-refractivity contribution in [3.05, 3.63) is 23.9 Å². The minimum Gasteiger partial charge on any atom is -0.362 e. The number of nitrogens with zero attached hydrogens (tertiary/aromatic N) is 1. The fraction of sp³-hybridized carbons (Fsp3) is 0.500. The van der Waals surface area contributed by atoms with Crippen molar-refractivity contribution in [3.63, 3.8) is 0 Å². The highest BCUT2D eigenvalue weighted by molar-refractivity contribution is 14.1. The van der Waals surface area contributed by atoms with Gasteiger partial charge in [0, 0.05) is 50.1 Å². The van der Waals surface area contributed by atoms with Gasteiger partial charge in [-0.1, -0.05) is 6.07 Å². The van der Waals surface area contributed by atoms with Crippen LogP contribution in [-0.2, 0) is 14.3 Å². The van der Waals surface area contributed by atoms with Gasteiger partial charge in [-0.3, -0.25) is 4.79 Å². The quantitative estimate of drug-likeness (QED) is 0.135. The Hall–Kier alpha value is -1.01. The first-order valence-electron chi connectivity index (χ1n) is 5.95. The highest BCUT2D eigenvalue weighted by atomic mass is 127. The zero-order valence-electron chi connectivity index (χ0n) is 12.9. The predicted molar refractivity (Wildman–Crippen MR) is 91.7 cm³/mol. The molecule has 0 aliphatic rings. The van der Waals surface area contributed by atoms with Crippen molar-refractivity contribution in [2.75, 3.05) is 33.7 Å². The number of rotatable bonds is 6. The summed E-state index contributed by atoms with van der Waals surface area (Å²) in [6.07, 6.45) is 2.40. The Morgan fingerprint density at radius 1 is 1.33 bits per heavy atom. The number of nitrogens with one attached hydrogen (secondary N) is 3. The maximum absolute atomic E-state index is 9.06. The van der Waals surface area contributed by atoms with Gasteiger partial charge in [0.2, 0.25) is 6.41 Å². The second kappa shape index (κ2) is 13.9. The molecule has 8 nitrogen and oxygen atoms in total. The van der Waals surface area contributed by atoms with Gasteiger partial charge in [-0.25, -0.2) is 4.98 Å². The lowest BCUT2D eigenvalue weighted by atomic mass is 10.3. The zero-order valence-corrected chi connectivity index (χ0v) is 15.1. The third-order valence-corrected chi connectivity index (χ3v) is 3.04. The zero-order chi connectivity index (χ0) is 16.7. The summed E-state index contributed by atoms with van der Waals surface area (Å²) >= 11 is 1.99. The molecular formula is C12H24IN5O3. The van der Waals surface area contributed by atoms with Gasteiger partial charge in [-0.05, 0) is 25.6 Å². The number of aromatic nitrogens is 1. The highest BCUT2D eigenvalue weighted by Gasteiger charge is 2.24. The lowest BCUT2D eigenvalue weighted by molar-refractivity contribution is -0.135. The normalized spacial score (nSPS) is 9.48. The van der Waals surface area contributed by atoms with E-state index in [9.17, 15) is 0 Å². The van der Waals surface area contributed by atoms with Gasteiger partial charge in [-0.2, -0.15) is 5.43 Å². The number of hydrogen-bond acceptors (Lipinski definition) is 7. The van der Waals surface area contributed by atoms with Crippen LogP contribution in [0.3, 0.4) is 0 Å². The van der Waals surface area contributed by atoms with E-state index in [1.165, 1.54) is 7.05 Å². The number of methoxy groups -OCH3 is 2. The van der Waals surface area contributed by atoms with E-state index in [0.717, 1.165) is 5.56 Å². The van der Waals surface area contributed by atoms with Gasteiger partial charge in [0.25, 0.3) is 3.92 Å². The number of nitrogens with two attached hydrogens (primary N) is 1. The lowest BCUT2D eigenvalue weighted by Crippen LogP contribution is -2.46. The van der Waals surface area contributed by atoms with Gasteiger partial charge in [-0.15, -0.1) is 0 Å². The number of halogens is 1. The molecule has 1 heterocycles. The van der Waals surface area contributed by atoms with Crippen LogP contribution >= 0.6 is 22.6 Å². The van der Waals surface area contributed by atoms with Crippen LogP contribution in [0.2, 0.25) is 0 Å². The summed E-state index contributed by atoms with van der Waals surface area (Å²) in [6, 6.07) is 3.83. The number of hydrogen-bond donors (Lipinski definition) is 4. The molecule has 21 heavy (non-hydrogen) atoms. The maximum Gasteiger partial charge on any atom is 0.298 e. The van der Waals surface area contributed by atoms with E-state index in [2.05, 4.69) is 26.9 Å². The average molecular weight is 413 g/mol. The number of aryl methyl sites for hydroxylation is 1. The van der Waals surface area contributed by atoms with Crippen molar-refractivity contribution in [1.29, 1.82) is 0 Å². The molecule has 9 heteroatoms. The SMILES string of the molecule is CN.CNC=O.COC(I)(NNc1ccc(C)cn1)OC. The molecule has 1 amide bonds. The second-order valence-corrected chi connectivity index (χ2v) is 4.74. The predicted octanol–water partition coefficient (Wildman–Crippen LogP) is 0.583. The number of pyridine rings is 1. The van der Waals surface area contributed by atoms with E-state index >= 15 is 0 Å². The summed E-state index contributed by atoms with van der Waals surface area (Å²) in [6.45, 7) is 1.98. The van der Waals surface area contributed by atoms with E-state index in [0.29, 0.717) is 12.2 Å². The molecule has 0 radical (unpaired) electrons. The van der Waals surface area contributed by atoms with E-state index in [4.69, 9.17) is 14.3 Å². The third kappa shape index (κ3) is 11.3. The Kier molecular flexibility index (Phi) is 14.8. The number of hydrazine groups is 1. The molecule has 0 fully saturated rings. The molecule has 1 aromatic rings. The highest BCUT2D eigenvalue weighted by Crippen LogP contribution is 2.16. The van der Waals surface area contributed by atoms with Gasteiger partial charge in [0.1, 0.15) is 5.82 Å². The summed E-state index contributed by atoms with van der Waals surface area (Å²) in [7, 11) is 6.16. The van der Waals surface area contributed by atoms with Crippen molar-refractivity contribution in [2.45, 2.75) is 10.8 Å². The van der Waals surface area contributed by atoms with Crippen LogP contribution in [0.5, 0.6) is 0 Å². The van der Waals surface area contributed by atoms with E-state index in [-0.39, 0.29) is 0 Å². The molecule has 0 bridgehead atoms. The molecule has 0 aromatic carbocycles. The summed E-state index contributed by atoms with van der Waals surface area (Å²) in [4.78, 5) is 13.2. The minimum absolute atomic E-state index is 0.625. The average Bonchev–Trinajstić information content (AvgIpc) is 2.56. The van der Waals surface area contributed by atoms with Crippen LogP contribution in [-0.4, -0.2) is 43.6 Å². The van der Waals surface area contributed by atoms with Gasteiger partial charge < -0.3 is 25.9 Å². The first kappa shape index (κ1) is 22.3. The lowest BCUT2D eigenvalue weighted by Gasteiger charge is -2.25. The summed E-state index contributed by atoms with van der Waals surface area (Å²) in [5, 5.41) is 2.25. The molecule has 1 rings (SSSR count). The molecule has 0 saturated heterocycles. The van der Waals surface area contributed by atoms with E-state index in [1.807, 2.05) is 41.6 Å². The van der Waals surface area contributed by atoms with E-state index in [1.54, 1.807) is 27.5 Å². The second-order valence-electron chi connectivity index (χ2n) is 3.32. The standard InChI is InChI=1S/C9H14IN3O2.C2H5NO.CH5N/c1-7-4-5-8(11-6-7)12-13-9(10,14-2)15-3;1-3-2-4;1-2/h4-6,13H,1-3H3,(H,11,12);2H,1H3,(H,3,4);2H2,1H3. The Morgan fingerprint density at radius 2 is 1.86 bits per heavy atom. The number of carbonyl (C=O) groups excluding carboxylic acids is 1. The Balaban J connectivity index is 0. The largest absolute Gasteiger partial charge is 0.362 e. The molecule has 1 aromatic heterocycles. The molecular weight excluding hydrogens is 389 g/mol. The molecule has 0 aliphatic carbocycles. The van der Waals surface area contributed by atoms with Crippen molar-refractivity contribution >= 4 is 34.8 Å². The Labute approximate surface area is 139 Å². The fourth-order valence-electron chi connectivity index (χ4n) is 0.866. The van der Waals surface area contributed by atoms with Crippen molar-refractivity contribution < 1.29 is 14.3 Å².